The van der Waals surface area contributed by atoms with Crippen molar-refractivity contribution in [1.82, 2.24) is 10.1 Å². The molecule has 2 aliphatic rings. The molecule has 1 aromatic heterocycles. The number of nitrogens with two attached hydrogens (primary N) is 1. The van der Waals surface area contributed by atoms with Crippen LogP contribution in [0.5, 0.6) is 0 Å². The zero-order valence-corrected chi connectivity index (χ0v) is 11.4. The predicted molar refractivity (Wildman–Crippen MR) is 69.2 cm³/mol. The van der Waals surface area contributed by atoms with Crippen molar-refractivity contribution in [3.05, 3.63) is 11.7 Å². The first-order valence-electron chi connectivity index (χ1n) is 7.17. The van der Waals surface area contributed by atoms with Gasteiger partial charge in [-0.3, -0.25) is 0 Å². The molecule has 18 heavy (non-hydrogen) atoms. The second kappa shape index (κ2) is 4.34. The molecule has 2 fully saturated rings. The minimum Gasteiger partial charge on any atom is -0.339 e. The molecule has 2 aliphatic carbocycles. The molecule has 0 saturated heterocycles. The van der Waals surface area contributed by atoms with Gasteiger partial charge in [-0.15, -0.1) is 0 Å². The first kappa shape index (κ1) is 12.2. The Morgan fingerprint density at radius 2 is 1.94 bits per heavy atom. The van der Waals surface area contributed by atoms with Gasteiger partial charge in [-0.05, 0) is 24.7 Å². The van der Waals surface area contributed by atoms with Crippen molar-refractivity contribution in [1.29, 1.82) is 0 Å². The van der Waals surface area contributed by atoms with Crippen LogP contribution >= 0.6 is 0 Å². The number of rotatable bonds is 2. The summed E-state index contributed by atoms with van der Waals surface area (Å²) in [5.74, 6) is 2.43. The lowest BCUT2D eigenvalue weighted by Gasteiger charge is -2.16. The van der Waals surface area contributed by atoms with E-state index < -0.39 is 0 Å². The van der Waals surface area contributed by atoms with Crippen LogP contribution in [0.1, 0.15) is 75.9 Å². The largest absolute Gasteiger partial charge is 0.339 e. The van der Waals surface area contributed by atoms with E-state index in [1.54, 1.807) is 0 Å². The first-order valence-corrected chi connectivity index (χ1v) is 7.17. The lowest BCUT2D eigenvalue weighted by Crippen LogP contribution is -2.27. The molecular formula is C14H23N3O. The van der Waals surface area contributed by atoms with Crippen LogP contribution in [0.3, 0.4) is 0 Å². The maximum Gasteiger partial charge on any atom is 0.231 e. The van der Waals surface area contributed by atoms with E-state index in [2.05, 4.69) is 24.0 Å². The molecular weight excluding hydrogens is 226 g/mol. The molecule has 4 heteroatoms. The first-order chi connectivity index (χ1) is 8.58. The Kier molecular flexibility index (Phi) is 2.93. The van der Waals surface area contributed by atoms with Gasteiger partial charge in [0.2, 0.25) is 5.89 Å². The maximum absolute atomic E-state index is 6.24. The fourth-order valence-electron chi connectivity index (χ4n) is 3.09. The fraction of sp³-hybridized carbons (Fsp3) is 0.857. The van der Waals surface area contributed by atoms with E-state index >= 15 is 0 Å². The summed E-state index contributed by atoms with van der Waals surface area (Å²) < 4.78 is 5.48. The van der Waals surface area contributed by atoms with Gasteiger partial charge in [0.15, 0.2) is 5.82 Å². The molecule has 100 valence electrons. The topological polar surface area (TPSA) is 64.9 Å². The highest BCUT2D eigenvalue weighted by atomic mass is 16.5. The van der Waals surface area contributed by atoms with Gasteiger partial charge < -0.3 is 10.3 Å². The summed E-state index contributed by atoms with van der Waals surface area (Å²) in [6.45, 7) is 4.51. The van der Waals surface area contributed by atoms with Gasteiger partial charge in [-0.25, -0.2) is 0 Å². The molecule has 0 aromatic carbocycles. The smallest absolute Gasteiger partial charge is 0.231 e. The molecule has 0 spiro atoms. The van der Waals surface area contributed by atoms with Crippen LogP contribution in [0.25, 0.3) is 0 Å². The average molecular weight is 249 g/mol. The van der Waals surface area contributed by atoms with Crippen molar-refractivity contribution in [2.75, 3.05) is 0 Å². The van der Waals surface area contributed by atoms with E-state index in [0.717, 1.165) is 24.6 Å². The van der Waals surface area contributed by atoms with Crippen molar-refractivity contribution < 1.29 is 4.52 Å². The zero-order chi connectivity index (χ0) is 12.8. The number of aromatic nitrogens is 2. The molecule has 0 aliphatic heterocycles. The SMILES string of the molecule is CC1(C)CC1c1noc(C2CCCCCC2N)n1. The summed E-state index contributed by atoms with van der Waals surface area (Å²) in [6, 6.07) is 0.188. The highest BCUT2D eigenvalue weighted by Crippen LogP contribution is 2.57. The lowest BCUT2D eigenvalue weighted by atomic mass is 9.95. The molecule has 3 atom stereocenters. The number of nitrogens with zero attached hydrogens (tertiary/aromatic N) is 2. The quantitative estimate of drug-likeness (QED) is 0.818. The lowest BCUT2D eigenvalue weighted by molar-refractivity contribution is 0.322. The van der Waals surface area contributed by atoms with E-state index in [1.807, 2.05) is 0 Å². The normalized spacial score (nSPS) is 35.2. The molecule has 0 bridgehead atoms. The molecule has 1 heterocycles. The Morgan fingerprint density at radius 1 is 1.22 bits per heavy atom. The fourth-order valence-corrected chi connectivity index (χ4v) is 3.09. The second-order valence-corrected chi connectivity index (χ2v) is 6.64. The summed E-state index contributed by atoms with van der Waals surface area (Å²) in [6.07, 6.45) is 7.08. The molecule has 1 aromatic rings. The molecule has 2 saturated carbocycles. The van der Waals surface area contributed by atoms with Crippen LogP contribution in [0, 0.1) is 5.41 Å². The minimum absolute atomic E-state index is 0.188. The van der Waals surface area contributed by atoms with Crippen molar-refractivity contribution in [3.63, 3.8) is 0 Å². The predicted octanol–water partition coefficient (Wildman–Crippen LogP) is 2.96. The molecule has 0 radical (unpaired) electrons. The summed E-state index contributed by atoms with van der Waals surface area (Å²) in [7, 11) is 0. The second-order valence-electron chi connectivity index (χ2n) is 6.64. The Morgan fingerprint density at radius 3 is 2.67 bits per heavy atom. The Hall–Kier alpha value is -0.900. The van der Waals surface area contributed by atoms with Gasteiger partial charge in [0.25, 0.3) is 0 Å². The molecule has 3 unspecified atom stereocenters. The molecule has 0 amide bonds. The monoisotopic (exact) mass is 249 g/mol. The highest BCUT2D eigenvalue weighted by Gasteiger charge is 2.49. The van der Waals surface area contributed by atoms with Crippen LogP contribution in [-0.2, 0) is 0 Å². The van der Waals surface area contributed by atoms with E-state index in [1.165, 1.54) is 25.7 Å². The van der Waals surface area contributed by atoms with E-state index in [4.69, 9.17) is 10.3 Å². The summed E-state index contributed by atoms with van der Waals surface area (Å²) in [5, 5.41) is 4.17. The van der Waals surface area contributed by atoms with Crippen molar-refractivity contribution in [3.8, 4) is 0 Å². The summed E-state index contributed by atoms with van der Waals surface area (Å²) >= 11 is 0. The van der Waals surface area contributed by atoms with Gasteiger partial charge in [0.05, 0.1) is 5.92 Å². The third kappa shape index (κ3) is 2.18. The summed E-state index contributed by atoms with van der Waals surface area (Å²) in [5.41, 5.74) is 6.59. The highest BCUT2D eigenvalue weighted by molar-refractivity contribution is 5.15. The van der Waals surface area contributed by atoms with Crippen LogP contribution in [0.4, 0.5) is 0 Å². The minimum atomic E-state index is 0.188. The number of hydrogen-bond acceptors (Lipinski definition) is 4. The van der Waals surface area contributed by atoms with Gasteiger partial charge in [-0.2, -0.15) is 4.98 Å². The van der Waals surface area contributed by atoms with Crippen molar-refractivity contribution in [2.45, 2.75) is 70.3 Å². The van der Waals surface area contributed by atoms with Crippen molar-refractivity contribution in [2.24, 2.45) is 11.1 Å². The zero-order valence-electron chi connectivity index (χ0n) is 11.4. The molecule has 4 nitrogen and oxygen atoms in total. The van der Waals surface area contributed by atoms with Gasteiger partial charge >= 0.3 is 0 Å². The molecule has 2 N–H and O–H groups in total. The van der Waals surface area contributed by atoms with Crippen LogP contribution in [0.15, 0.2) is 4.52 Å². The van der Waals surface area contributed by atoms with Crippen LogP contribution < -0.4 is 5.73 Å². The maximum atomic E-state index is 6.24. The Labute approximate surface area is 108 Å². The van der Waals surface area contributed by atoms with Gasteiger partial charge in [0.1, 0.15) is 0 Å². The third-order valence-electron chi connectivity index (χ3n) is 4.67. The number of hydrogen-bond donors (Lipinski definition) is 1. The standard InChI is InChI=1S/C14H23N3O/c1-14(2)8-10(14)12-16-13(18-17-12)9-6-4-3-5-7-11(9)15/h9-11H,3-8,15H2,1-2H3. The van der Waals surface area contributed by atoms with Gasteiger partial charge in [-0.1, -0.05) is 38.3 Å². The van der Waals surface area contributed by atoms with E-state index in [-0.39, 0.29) is 12.0 Å². The molecule has 3 rings (SSSR count). The van der Waals surface area contributed by atoms with Crippen molar-refractivity contribution >= 4 is 0 Å². The Balaban J connectivity index is 1.76. The van der Waals surface area contributed by atoms with Crippen LogP contribution in [0.2, 0.25) is 0 Å². The Bertz CT molecular complexity index is 426. The van der Waals surface area contributed by atoms with Crippen LogP contribution in [-0.4, -0.2) is 16.2 Å². The average Bonchev–Trinajstić information content (AvgIpc) is 2.81. The van der Waals surface area contributed by atoms with Gasteiger partial charge in [0, 0.05) is 12.0 Å². The van der Waals surface area contributed by atoms with E-state index in [9.17, 15) is 0 Å². The third-order valence-corrected chi connectivity index (χ3v) is 4.67. The van der Waals surface area contributed by atoms with E-state index in [0.29, 0.717) is 11.3 Å². The summed E-state index contributed by atoms with van der Waals surface area (Å²) in [4.78, 5) is 4.63.